The van der Waals surface area contributed by atoms with E-state index in [1.54, 1.807) is 6.07 Å². The molecular formula is C25H25N3O3S2. The van der Waals surface area contributed by atoms with E-state index < -0.39 is 0 Å². The molecule has 0 radical (unpaired) electrons. The first-order valence-electron chi connectivity index (χ1n) is 11.2. The van der Waals surface area contributed by atoms with Gasteiger partial charge >= 0.3 is 0 Å². The van der Waals surface area contributed by atoms with Gasteiger partial charge in [-0.1, -0.05) is 30.7 Å². The molecule has 170 valence electrons. The average Bonchev–Trinajstić information content (AvgIpc) is 3.33. The van der Waals surface area contributed by atoms with Crippen LogP contribution in [0.25, 0.3) is 10.2 Å². The monoisotopic (exact) mass is 479 g/mol. The van der Waals surface area contributed by atoms with Gasteiger partial charge in [0, 0.05) is 5.69 Å². The van der Waals surface area contributed by atoms with Crippen LogP contribution in [0, 0.1) is 25.7 Å². The van der Waals surface area contributed by atoms with E-state index in [-0.39, 0.29) is 35.3 Å². The van der Waals surface area contributed by atoms with Crippen LogP contribution in [0.5, 0.6) is 0 Å². The molecule has 2 aliphatic rings. The number of rotatable bonds is 5. The minimum absolute atomic E-state index is 0.0637. The summed E-state index contributed by atoms with van der Waals surface area (Å²) in [4.78, 5) is 44.2. The summed E-state index contributed by atoms with van der Waals surface area (Å²) in [6.45, 7) is 4.06. The van der Waals surface area contributed by atoms with Gasteiger partial charge in [-0.15, -0.1) is 11.3 Å². The molecule has 1 saturated heterocycles. The molecule has 6 nitrogen and oxygen atoms in total. The van der Waals surface area contributed by atoms with Crippen LogP contribution in [0.3, 0.4) is 0 Å². The number of thioether (sulfide) groups is 1. The molecule has 0 bridgehead atoms. The molecule has 1 aliphatic carbocycles. The lowest BCUT2D eigenvalue weighted by atomic mass is 9.81. The number of hydrogen-bond acceptors (Lipinski definition) is 6. The summed E-state index contributed by atoms with van der Waals surface area (Å²) in [6.07, 6.45) is 3.64. The second-order valence-electron chi connectivity index (χ2n) is 8.78. The fourth-order valence-corrected chi connectivity index (χ4v) is 6.55. The van der Waals surface area contributed by atoms with E-state index >= 15 is 0 Å². The van der Waals surface area contributed by atoms with Crippen molar-refractivity contribution >= 4 is 62.4 Å². The van der Waals surface area contributed by atoms with E-state index in [0.29, 0.717) is 5.69 Å². The number of aryl methyl sites for hydroxylation is 2. The minimum Gasteiger partial charge on any atom is -0.325 e. The average molecular weight is 480 g/mol. The van der Waals surface area contributed by atoms with Gasteiger partial charge in [0.25, 0.3) is 0 Å². The predicted octanol–water partition coefficient (Wildman–Crippen LogP) is 5.32. The molecule has 3 amide bonds. The molecule has 2 aromatic carbocycles. The van der Waals surface area contributed by atoms with Gasteiger partial charge in [0.05, 0.1) is 33.5 Å². The maximum atomic E-state index is 12.9. The van der Waals surface area contributed by atoms with Gasteiger partial charge in [-0.25, -0.2) is 4.98 Å². The molecule has 1 saturated carbocycles. The Labute approximate surface area is 200 Å². The summed E-state index contributed by atoms with van der Waals surface area (Å²) in [6, 6.07) is 11.4. The van der Waals surface area contributed by atoms with E-state index in [4.69, 9.17) is 0 Å². The SMILES string of the molecule is Cc1ccc(NC(=O)CSc2nc3ccc(N4C(=O)[C@@H]5CCCC[C@H]5C4=O)cc3s2)cc1C. The molecule has 0 unspecified atom stereocenters. The number of hydrogen-bond donors (Lipinski definition) is 1. The Morgan fingerprint density at radius 2 is 1.79 bits per heavy atom. The Kier molecular flexibility index (Phi) is 5.97. The normalized spacial score (nSPS) is 20.4. The number of aromatic nitrogens is 1. The van der Waals surface area contributed by atoms with Crippen molar-refractivity contribution in [2.24, 2.45) is 11.8 Å². The molecule has 33 heavy (non-hydrogen) atoms. The Morgan fingerprint density at radius 1 is 1.06 bits per heavy atom. The predicted molar refractivity (Wildman–Crippen MR) is 133 cm³/mol. The van der Waals surface area contributed by atoms with Crippen LogP contribution in [0.2, 0.25) is 0 Å². The number of anilines is 2. The molecule has 8 heteroatoms. The van der Waals surface area contributed by atoms with Crippen LogP contribution in [0.15, 0.2) is 40.7 Å². The topological polar surface area (TPSA) is 79.4 Å². The van der Waals surface area contributed by atoms with Crippen molar-refractivity contribution < 1.29 is 14.4 Å². The van der Waals surface area contributed by atoms with E-state index in [9.17, 15) is 14.4 Å². The number of fused-ring (bicyclic) bond motifs is 2. The van der Waals surface area contributed by atoms with E-state index in [1.165, 1.54) is 33.6 Å². The molecule has 2 atom stereocenters. The first-order valence-corrected chi connectivity index (χ1v) is 13.0. The van der Waals surface area contributed by atoms with E-state index in [1.807, 2.05) is 44.2 Å². The van der Waals surface area contributed by atoms with Crippen LogP contribution >= 0.6 is 23.1 Å². The first-order chi connectivity index (χ1) is 15.9. The quantitative estimate of drug-likeness (QED) is 0.396. The summed E-state index contributed by atoms with van der Waals surface area (Å²) in [7, 11) is 0. The minimum atomic E-state index is -0.162. The third-order valence-electron chi connectivity index (χ3n) is 6.57. The van der Waals surface area contributed by atoms with Crippen molar-refractivity contribution in [3.63, 3.8) is 0 Å². The highest BCUT2D eigenvalue weighted by molar-refractivity contribution is 8.01. The van der Waals surface area contributed by atoms with Gasteiger partial charge in [0.1, 0.15) is 0 Å². The van der Waals surface area contributed by atoms with Crippen molar-refractivity contribution in [3.05, 3.63) is 47.5 Å². The largest absolute Gasteiger partial charge is 0.325 e. The molecule has 1 aromatic heterocycles. The lowest BCUT2D eigenvalue weighted by molar-refractivity contribution is -0.122. The van der Waals surface area contributed by atoms with Gasteiger partial charge in [0.2, 0.25) is 17.7 Å². The lowest BCUT2D eigenvalue weighted by Crippen LogP contribution is -2.30. The Bertz CT molecular complexity index is 1250. The van der Waals surface area contributed by atoms with Gasteiger partial charge in [0.15, 0.2) is 4.34 Å². The summed E-state index contributed by atoms with van der Waals surface area (Å²) >= 11 is 2.86. The number of thiazole rings is 1. The zero-order valence-corrected chi connectivity index (χ0v) is 20.2. The van der Waals surface area contributed by atoms with E-state index in [2.05, 4.69) is 10.3 Å². The van der Waals surface area contributed by atoms with Crippen LogP contribution in [-0.4, -0.2) is 28.5 Å². The Hall–Kier alpha value is -2.71. The fraction of sp³-hybridized carbons (Fsp3) is 0.360. The van der Waals surface area contributed by atoms with Gasteiger partial charge in [-0.2, -0.15) is 0 Å². The van der Waals surface area contributed by atoms with Gasteiger partial charge in [-0.3, -0.25) is 19.3 Å². The van der Waals surface area contributed by atoms with Crippen LogP contribution < -0.4 is 10.2 Å². The highest BCUT2D eigenvalue weighted by atomic mass is 32.2. The van der Waals surface area contributed by atoms with Crippen LogP contribution in [0.4, 0.5) is 11.4 Å². The zero-order valence-electron chi connectivity index (χ0n) is 18.6. The van der Waals surface area contributed by atoms with Crippen molar-refractivity contribution in [1.29, 1.82) is 0 Å². The third-order valence-corrected chi connectivity index (χ3v) is 8.73. The first kappa shape index (κ1) is 22.1. The maximum absolute atomic E-state index is 12.9. The van der Waals surface area contributed by atoms with Crippen LogP contribution in [-0.2, 0) is 14.4 Å². The standard InChI is InChI=1S/C25H25N3O3S2/c1-14-7-8-16(11-15(14)2)26-22(29)13-32-25-27-20-10-9-17(12-21(20)33-25)28-23(30)18-5-3-4-6-19(18)24(28)31/h7-12,18-19H,3-6,13H2,1-2H3,(H,26,29)/t18-,19-/m1/s1. The van der Waals surface area contributed by atoms with Crippen molar-refractivity contribution in [3.8, 4) is 0 Å². The van der Waals surface area contributed by atoms with Gasteiger partial charge < -0.3 is 5.32 Å². The summed E-state index contributed by atoms with van der Waals surface area (Å²) < 4.78 is 1.69. The number of carbonyl (C=O) groups is 3. The molecule has 5 rings (SSSR count). The molecule has 2 heterocycles. The number of amides is 3. The Morgan fingerprint density at radius 3 is 2.48 bits per heavy atom. The van der Waals surface area contributed by atoms with Gasteiger partial charge in [-0.05, 0) is 68.1 Å². The second-order valence-corrected chi connectivity index (χ2v) is 11.0. The molecular weight excluding hydrogens is 454 g/mol. The van der Waals surface area contributed by atoms with Crippen molar-refractivity contribution in [2.75, 3.05) is 16.0 Å². The number of benzene rings is 2. The van der Waals surface area contributed by atoms with E-state index in [0.717, 1.165) is 51.5 Å². The fourth-order valence-electron chi connectivity index (χ4n) is 4.65. The molecule has 3 aromatic rings. The molecule has 1 N–H and O–H groups in total. The van der Waals surface area contributed by atoms with Crippen LogP contribution in [0.1, 0.15) is 36.8 Å². The third kappa shape index (κ3) is 4.29. The van der Waals surface area contributed by atoms with Crippen molar-refractivity contribution in [2.45, 2.75) is 43.9 Å². The maximum Gasteiger partial charge on any atom is 0.237 e. The molecule has 0 spiro atoms. The zero-order chi connectivity index (χ0) is 23.1. The highest BCUT2D eigenvalue weighted by Gasteiger charge is 2.48. The second kappa shape index (κ2) is 8.91. The number of nitrogens with one attached hydrogen (secondary N) is 1. The summed E-state index contributed by atoms with van der Waals surface area (Å²) in [5.41, 5.74) is 4.54. The molecule has 1 aliphatic heterocycles. The highest BCUT2D eigenvalue weighted by Crippen LogP contribution is 2.41. The molecule has 2 fully saturated rings. The summed E-state index contributed by atoms with van der Waals surface area (Å²) in [5, 5.41) is 2.93. The van der Waals surface area contributed by atoms with Crippen molar-refractivity contribution in [1.82, 2.24) is 4.98 Å². The Balaban J connectivity index is 1.27. The number of carbonyl (C=O) groups excluding carboxylic acids is 3. The smallest absolute Gasteiger partial charge is 0.237 e. The lowest BCUT2D eigenvalue weighted by Gasteiger charge is -2.19. The summed E-state index contributed by atoms with van der Waals surface area (Å²) in [5.74, 6) is -0.279. The number of imide groups is 1. The number of nitrogens with zero attached hydrogens (tertiary/aromatic N) is 2.